The van der Waals surface area contributed by atoms with Crippen molar-refractivity contribution in [2.24, 2.45) is 7.05 Å². The van der Waals surface area contributed by atoms with E-state index in [0.717, 1.165) is 28.5 Å². The Kier molecular flexibility index (Phi) is 4.03. The molecule has 1 amide bonds. The molecule has 2 aromatic heterocycles. The lowest BCUT2D eigenvalue weighted by Crippen LogP contribution is -2.20. The number of amides is 1. The van der Waals surface area contributed by atoms with Crippen LogP contribution in [0.25, 0.3) is 11.3 Å². The summed E-state index contributed by atoms with van der Waals surface area (Å²) in [5.74, 6) is 2.60. The molecule has 1 saturated carbocycles. The van der Waals surface area contributed by atoms with Gasteiger partial charge in [-0.15, -0.1) is 0 Å². The van der Waals surface area contributed by atoms with Gasteiger partial charge in [-0.05, 0) is 37.1 Å². The molecule has 8 heteroatoms. The minimum absolute atomic E-state index is 0.133. The summed E-state index contributed by atoms with van der Waals surface area (Å²) in [4.78, 5) is 12.4. The Bertz CT molecular complexity index is 1030. The largest absolute Gasteiger partial charge is 0.486 e. The van der Waals surface area contributed by atoms with E-state index >= 15 is 0 Å². The van der Waals surface area contributed by atoms with Crippen LogP contribution in [0.1, 0.15) is 24.5 Å². The maximum Gasteiger partial charge on any atom is 0.247 e. The van der Waals surface area contributed by atoms with E-state index < -0.39 is 0 Å². The lowest BCUT2D eigenvalue weighted by Gasteiger charge is -2.18. The van der Waals surface area contributed by atoms with Gasteiger partial charge in [-0.1, -0.05) is 0 Å². The molecule has 1 N–H and O–H groups in total. The third kappa shape index (κ3) is 3.33. The lowest BCUT2D eigenvalue weighted by molar-refractivity contribution is -0.116. The van der Waals surface area contributed by atoms with Crippen LogP contribution in [0.2, 0.25) is 0 Å². The van der Waals surface area contributed by atoms with Gasteiger partial charge in [0.05, 0.1) is 11.4 Å². The zero-order valence-corrected chi connectivity index (χ0v) is 15.6. The molecule has 3 heterocycles. The van der Waals surface area contributed by atoms with Gasteiger partial charge in [0.25, 0.3) is 0 Å². The van der Waals surface area contributed by atoms with Crippen LogP contribution in [0.4, 0.5) is 5.82 Å². The van der Waals surface area contributed by atoms with Gasteiger partial charge in [0.1, 0.15) is 25.6 Å². The molecule has 0 saturated heterocycles. The lowest BCUT2D eigenvalue weighted by atomic mass is 10.1. The number of anilines is 1. The van der Waals surface area contributed by atoms with Crippen LogP contribution < -0.4 is 14.8 Å². The van der Waals surface area contributed by atoms with Crippen LogP contribution in [0.15, 0.2) is 36.5 Å². The van der Waals surface area contributed by atoms with Crippen molar-refractivity contribution in [3.8, 4) is 22.8 Å². The molecule has 2 aliphatic rings. The fraction of sp³-hybridized carbons (Fsp3) is 0.350. The second kappa shape index (κ2) is 6.70. The smallest absolute Gasteiger partial charge is 0.247 e. The maximum atomic E-state index is 12.4. The quantitative estimate of drug-likeness (QED) is 0.737. The van der Waals surface area contributed by atoms with Gasteiger partial charge in [-0.3, -0.25) is 14.2 Å². The van der Waals surface area contributed by atoms with E-state index in [4.69, 9.17) is 9.47 Å². The van der Waals surface area contributed by atoms with Gasteiger partial charge in [0.2, 0.25) is 5.91 Å². The van der Waals surface area contributed by atoms with Gasteiger partial charge >= 0.3 is 0 Å². The molecule has 0 unspecified atom stereocenters. The third-order valence-electron chi connectivity index (χ3n) is 4.95. The highest BCUT2D eigenvalue weighted by Gasteiger charge is 2.27. The molecule has 0 atom stereocenters. The second-order valence-electron chi connectivity index (χ2n) is 7.16. The SMILES string of the molecule is Cn1nc(C2CC2)cc1NC(=O)Cn1ccc(-c2ccc3c(c2)OCCO3)n1. The van der Waals surface area contributed by atoms with Crippen LogP contribution in [0.5, 0.6) is 11.5 Å². The summed E-state index contributed by atoms with van der Waals surface area (Å²) >= 11 is 0. The van der Waals surface area contributed by atoms with Gasteiger partial charge in [0.15, 0.2) is 11.5 Å². The summed E-state index contributed by atoms with van der Waals surface area (Å²) in [6.07, 6.45) is 4.16. The number of nitrogens with zero attached hydrogens (tertiary/aromatic N) is 4. The van der Waals surface area contributed by atoms with Crippen LogP contribution in [0.3, 0.4) is 0 Å². The van der Waals surface area contributed by atoms with E-state index in [-0.39, 0.29) is 12.5 Å². The molecule has 0 bridgehead atoms. The number of nitrogens with one attached hydrogen (secondary N) is 1. The van der Waals surface area contributed by atoms with Gasteiger partial charge in [-0.25, -0.2) is 0 Å². The van der Waals surface area contributed by atoms with E-state index in [1.54, 1.807) is 15.6 Å². The summed E-state index contributed by atoms with van der Waals surface area (Å²) < 4.78 is 14.5. The highest BCUT2D eigenvalue weighted by molar-refractivity contribution is 5.89. The first-order chi connectivity index (χ1) is 13.7. The Hall–Kier alpha value is -3.29. The molecular weight excluding hydrogens is 358 g/mol. The zero-order valence-electron chi connectivity index (χ0n) is 15.6. The number of hydrogen-bond acceptors (Lipinski definition) is 5. The fourth-order valence-electron chi connectivity index (χ4n) is 3.32. The summed E-state index contributed by atoms with van der Waals surface area (Å²) in [6, 6.07) is 9.58. The highest BCUT2D eigenvalue weighted by atomic mass is 16.6. The number of fused-ring (bicyclic) bond motifs is 1. The zero-order chi connectivity index (χ0) is 19.1. The predicted octanol–water partition coefficient (Wildman–Crippen LogP) is 2.57. The first-order valence-electron chi connectivity index (χ1n) is 9.43. The number of ether oxygens (including phenoxy) is 2. The number of hydrogen-bond donors (Lipinski definition) is 1. The van der Waals surface area contributed by atoms with Crippen molar-refractivity contribution < 1.29 is 14.3 Å². The Morgan fingerprint density at radius 1 is 1.14 bits per heavy atom. The molecule has 144 valence electrons. The van der Waals surface area contributed by atoms with Gasteiger partial charge in [0, 0.05) is 30.8 Å². The van der Waals surface area contributed by atoms with E-state index in [2.05, 4.69) is 15.5 Å². The summed E-state index contributed by atoms with van der Waals surface area (Å²) in [5.41, 5.74) is 2.75. The Morgan fingerprint density at radius 2 is 1.96 bits per heavy atom. The first kappa shape index (κ1) is 16.9. The molecule has 1 aromatic carbocycles. The minimum atomic E-state index is -0.137. The van der Waals surface area contributed by atoms with Gasteiger partial charge < -0.3 is 14.8 Å². The predicted molar refractivity (Wildman–Crippen MR) is 102 cm³/mol. The van der Waals surface area contributed by atoms with E-state index in [1.807, 2.05) is 37.4 Å². The molecule has 3 aromatic rings. The van der Waals surface area contributed by atoms with Crippen molar-refractivity contribution in [1.29, 1.82) is 0 Å². The van der Waals surface area contributed by atoms with E-state index in [1.165, 1.54) is 12.8 Å². The molecule has 5 rings (SSSR count). The molecule has 1 aliphatic heterocycles. The monoisotopic (exact) mass is 379 g/mol. The van der Waals surface area contributed by atoms with Crippen LogP contribution in [-0.2, 0) is 18.4 Å². The standard InChI is InChI=1S/C20H21N5O3/c1-24-19(11-16(22-24)13-2-3-13)21-20(26)12-25-7-6-15(23-25)14-4-5-17-18(10-14)28-9-8-27-17/h4-7,10-11,13H,2-3,8-9,12H2,1H3,(H,21,26). The molecule has 1 fully saturated rings. The highest BCUT2D eigenvalue weighted by Crippen LogP contribution is 2.40. The van der Waals surface area contributed by atoms with Crippen LogP contribution in [0, 0.1) is 0 Å². The molecular formula is C20H21N5O3. The molecule has 28 heavy (non-hydrogen) atoms. The van der Waals surface area contributed by atoms with Crippen LogP contribution >= 0.6 is 0 Å². The van der Waals surface area contributed by atoms with Crippen molar-refractivity contribution in [2.45, 2.75) is 25.3 Å². The Labute approximate surface area is 162 Å². The van der Waals surface area contributed by atoms with Crippen molar-refractivity contribution in [1.82, 2.24) is 19.6 Å². The fourth-order valence-corrected chi connectivity index (χ4v) is 3.32. The first-order valence-corrected chi connectivity index (χ1v) is 9.43. The number of aromatic nitrogens is 4. The maximum absolute atomic E-state index is 12.4. The summed E-state index contributed by atoms with van der Waals surface area (Å²) in [7, 11) is 1.84. The number of carbonyl (C=O) groups excluding carboxylic acids is 1. The van der Waals surface area contributed by atoms with Crippen molar-refractivity contribution in [2.75, 3.05) is 18.5 Å². The third-order valence-corrected chi connectivity index (χ3v) is 4.95. The summed E-state index contributed by atoms with van der Waals surface area (Å²) in [6.45, 7) is 1.24. The Balaban J connectivity index is 1.26. The minimum Gasteiger partial charge on any atom is -0.486 e. The topological polar surface area (TPSA) is 83.2 Å². The Morgan fingerprint density at radius 3 is 2.79 bits per heavy atom. The van der Waals surface area contributed by atoms with Crippen LogP contribution in [-0.4, -0.2) is 38.7 Å². The van der Waals surface area contributed by atoms with Crippen molar-refractivity contribution >= 4 is 11.7 Å². The number of aryl methyl sites for hydroxylation is 1. The number of benzene rings is 1. The normalized spacial score (nSPS) is 15.5. The second-order valence-corrected chi connectivity index (χ2v) is 7.16. The van der Waals surface area contributed by atoms with E-state index in [0.29, 0.717) is 24.9 Å². The molecule has 8 nitrogen and oxygen atoms in total. The number of rotatable bonds is 5. The molecule has 0 radical (unpaired) electrons. The average molecular weight is 379 g/mol. The summed E-state index contributed by atoms with van der Waals surface area (Å²) in [5, 5.41) is 11.9. The van der Waals surface area contributed by atoms with E-state index in [9.17, 15) is 4.79 Å². The molecule has 0 spiro atoms. The van der Waals surface area contributed by atoms with Crippen molar-refractivity contribution in [3.05, 3.63) is 42.2 Å². The molecule has 1 aliphatic carbocycles. The van der Waals surface area contributed by atoms with Crippen molar-refractivity contribution in [3.63, 3.8) is 0 Å². The van der Waals surface area contributed by atoms with Gasteiger partial charge in [-0.2, -0.15) is 10.2 Å². The average Bonchev–Trinajstić information content (AvgIpc) is 3.35. The number of carbonyl (C=O) groups is 1.